The number of hydrogen-bond acceptors (Lipinski definition) is 3. The first kappa shape index (κ1) is 22.2. The smallest absolute Gasteiger partial charge is 0.191 e. The van der Waals surface area contributed by atoms with Gasteiger partial charge >= 0.3 is 0 Å². The lowest BCUT2D eigenvalue weighted by Crippen LogP contribution is -2.44. The second-order valence-corrected chi connectivity index (χ2v) is 6.18. The number of guanidine groups is 1. The van der Waals surface area contributed by atoms with E-state index in [4.69, 9.17) is 4.74 Å². The van der Waals surface area contributed by atoms with Gasteiger partial charge in [-0.3, -0.25) is 9.89 Å². The quantitative estimate of drug-likeness (QED) is 0.356. The summed E-state index contributed by atoms with van der Waals surface area (Å²) < 4.78 is 5.42. The Morgan fingerprint density at radius 3 is 2.56 bits per heavy atom. The van der Waals surface area contributed by atoms with Crippen molar-refractivity contribution in [2.45, 2.75) is 45.9 Å². The van der Waals surface area contributed by atoms with E-state index in [1.165, 1.54) is 30.5 Å². The summed E-state index contributed by atoms with van der Waals surface area (Å²) in [6.45, 7) is 9.78. The minimum absolute atomic E-state index is 0. The number of likely N-dealkylation sites (tertiary alicyclic amines) is 1. The molecule has 1 saturated heterocycles. The summed E-state index contributed by atoms with van der Waals surface area (Å²) in [5.41, 5.74) is 2.46. The molecule has 5 nitrogen and oxygen atoms in total. The summed E-state index contributed by atoms with van der Waals surface area (Å²) in [4.78, 5) is 6.87. The van der Waals surface area contributed by atoms with E-state index in [0.29, 0.717) is 12.6 Å². The van der Waals surface area contributed by atoms with E-state index in [0.717, 1.165) is 32.2 Å². The molecule has 1 fully saturated rings. The Labute approximate surface area is 169 Å². The lowest BCUT2D eigenvalue weighted by molar-refractivity contribution is 0.134. The van der Waals surface area contributed by atoms with Gasteiger partial charge in [0.05, 0.1) is 6.61 Å². The molecule has 1 unspecified atom stereocenters. The third kappa shape index (κ3) is 7.50. The number of benzene rings is 1. The maximum absolute atomic E-state index is 5.42. The average molecular weight is 460 g/mol. The number of ether oxygens (including phenoxy) is 1. The zero-order chi connectivity index (χ0) is 17.2. The van der Waals surface area contributed by atoms with Gasteiger partial charge in [0, 0.05) is 32.8 Å². The lowest BCUT2D eigenvalue weighted by Gasteiger charge is -2.24. The Bertz CT molecular complexity index is 507. The van der Waals surface area contributed by atoms with Crippen LogP contribution in [0, 0.1) is 0 Å². The van der Waals surface area contributed by atoms with Crippen LogP contribution in [0.4, 0.5) is 0 Å². The van der Waals surface area contributed by atoms with Gasteiger partial charge in [-0.05, 0) is 44.0 Å². The Kier molecular flexibility index (Phi) is 11.1. The molecule has 0 aliphatic carbocycles. The number of likely N-dealkylation sites (N-methyl/N-ethyl adjacent to an activating group) is 1. The van der Waals surface area contributed by atoms with Crippen LogP contribution in [0.2, 0.25) is 0 Å². The molecule has 142 valence electrons. The fourth-order valence-corrected chi connectivity index (χ4v) is 3.14. The third-order valence-electron chi connectivity index (χ3n) is 4.59. The van der Waals surface area contributed by atoms with Crippen molar-refractivity contribution in [1.82, 2.24) is 15.5 Å². The van der Waals surface area contributed by atoms with Gasteiger partial charge in [-0.2, -0.15) is 0 Å². The van der Waals surface area contributed by atoms with Crippen molar-refractivity contribution in [3.05, 3.63) is 35.4 Å². The van der Waals surface area contributed by atoms with Crippen LogP contribution in [0.3, 0.4) is 0 Å². The first-order valence-corrected chi connectivity index (χ1v) is 9.11. The maximum Gasteiger partial charge on any atom is 0.191 e. The van der Waals surface area contributed by atoms with Gasteiger partial charge in [0.25, 0.3) is 0 Å². The van der Waals surface area contributed by atoms with Gasteiger partial charge in [-0.1, -0.05) is 31.2 Å². The van der Waals surface area contributed by atoms with E-state index < -0.39 is 0 Å². The largest absolute Gasteiger partial charge is 0.377 e. The summed E-state index contributed by atoms with van der Waals surface area (Å²) >= 11 is 0. The summed E-state index contributed by atoms with van der Waals surface area (Å²) in [6.07, 6.45) is 2.58. The minimum atomic E-state index is 0. The molecule has 25 heavy (non-hydrogen) atoms. The number of rotatable bonds is 8. The molecule has 0 spiro atoms. The molecular formula is C19H33IN4O. The molecule has 1 aromatic carbocycles. The molecule has 2 N–H and O–H groups in total. The fourth-order valence-electron chi connectivity index (χ4n) is 3.14. The normalized spacial score (nSPS) is 18.0. The molecule has 1 heterocycles. The van der Waals surface area contributed by atoms with Crippen LogP contribution < -0.4 is 10.6 Å². The van der Waals surface area contributed by atoms with E-state index in [1.807, 2.05) is 14.0 Å². The number of aliphatic imine (C=N–C) groups is 1. The van der Waals surface area contributed by atoms with Crippen LogP contribution in [0.25, 0.3) is 0 Å². The van der Waals surface area contributed by atoms with Crippen molar-refractivity contribution < 1.29 is 4.74 Å². The van der Waals surface area contributed by atoms with Crippen LogP contribution in [0.5, 0.6) is 0 Å². The number of halogens is 1. The van der Waals surface area contributed by atoms with Crippen molar-refractivity contribution in [3.8, 4) is 0 Å². The Hall–Kier alpha value is -0.860. The summed E-state index contributed by atoms with van der Waals surface area (Å²) in [5, 5.41) is 6.86. The van der Waals surface area contributed by atoms with Crippen LogP contribution in [0.1, 0.15) is 37.8 Å². The van der Waals surface area contributed by atoms with Crippen molar-refractivity contribution in [2.24, 2.45) is 4.99 Å². The van der Waals surface area contributed by atoms with Gasteiger partial charge in [0.15, 0.2) is 5.96 Å². The monoisotopic (exact) mass is 460 g/mol. The fraction of sp³-hybridized carbons (Fsp3) is 0.632. The highest BCUT2D eigenvalue weighted by Crippen LogP contribution is 2.15. The highest BCUT2D eigenvalue weighted by Gasteiger charge is 2.22. The predicted octanol–water partition coefficient (Wildman–Crippen LogP) is 2.99. The SMILES string of the molecule is CCOCc1ccc(CNC(=NC)NCC2CCCN2CC)cc1.I. The Morgan fingerprint density at radius 2 is 1.92 bits per heavy atom. The molecule has 1 aliphatic heterocycles. The Morgan fingerprint density at radius 1 is 1.20 bits per heavy atom. The van der Waals surface area contributed by atoms with E-state index in [9.17, 15) is 0 Å². The number of nitrogens with zero attached hydrogens (tertiary/aromatic N) is 2. The van der Waals surface area contributed by atoms with Crippen molar-refractivity contribution >= 4 is 29.9 Å². The van der Waals surface area contributed by atoms with Gasteiger partial charge in [0.1, 0.15) is 0 Å². The van der Waals surface area contributed by atoms with Gasteiger partial charge < -0.3 is 15.4 Å². The Balaban J connectivity index is 0.00000312. The summed E-state index contributed by atoms with van der Waals surface area (Å²) in [7, 11) is 1.83. The summed E-state index contributed by atoms with van der Waals surface area (Å²) in [6, 6.07) is 9.17. The third-order valence-corrected chi connectivity index (χ3v) is 4.59. The van der Waals surface area contributed by atoms with Crippen LogP contribution >= 0.6 is 24.0 Å². The highest BCUT2D eigenvalue weighted by atomic mass is 127. The topological polar surface area (TPSA) is 48.9 Å². The lowest BCUT2D eigenvalue weighted by atomic mass is 10.1. The summed E-state index contributed by atoms with van der Waals surface area (Å²) in [5.74, 6) is 0.872. The zero-order valence-corrected chi connectivity index (χ0v) is 18.1. The molecule has 0 saturated carbocycles. The van der Waals surface area contributed by atoms with Crippen LogP contribution in [-0.4, -0.2) is 50.2 Å². The van der Waals surface area contributed by atoms with Crippen LogP contribution in [-0.2, 0) is 17.9 Å². The maximum atomic E-state index is 5.42. The van der Waals surface area contributed by atoms with Crippen LogP contribution in [0.15, 0.2) is 29.3 Å². The molecule has 0 amide bonds. The predicted molar refractivity (Wildman–Crippen MR) is 116 cm³/mol. The standard InChI is InChI=1S/C19H32N4O.HI/c1-4-23-12-6-7-18(23)14-22-19(20-3)21-13-16-8-10-17(11-9-16)15-24-5-2;/h8-11,18H,4-7,12-15H2,1-3H3,(H2,20,21,22);1H. The van der Waals surface area contributed by atoms with Crippen molar-refractivity contribution in [3.63, 3.8) is 0 Å². The molecule has 2 rings (SSSR count). The molecular weight excluding hydrogens is 427 g/mol. The molecule has 1 aromatic rings. The van der Waals surface area contributed by atoms with Crippen molar-refractivity contribution in [2.75, 3.05) is 33.3 Å². The van der Waals surface area contributed by atoms with E-state index in [2.05, 4.69) is 51.7 Å². The van der Waals surface area contributed by atoms with Gasteiger partial charge in [-0.15, -0.1) is 24.0 Å². The first-order chi connectivity index (χ1) is 11.8. The van der Waals surface area contributed by atoms with Gasteiger partial charge in [0.2, 0.25) is 0 Å². The van der Waals surface area contributed by atoms with E-state index in [-0.39, 0.29) is 24.0 Å². The molecule has 1 atom stereocenters. The molecule has 1 aliphatic rings. The second kappa shape index (κ2) is 12.5. The number of hydrogen-bond donors (Lipinski definition) is 2. The average Bonchev–Trinajstić information content (AvgIpc) is 3.08. The van der Waals surface area contributed by atoms with E-state index >= 15 is 0 Å². The molecule has 0 radical (unpaired) electrons. The molecule has 0 bridgehead atoms. The highest BCUT2D eigenvalue weighted by molar-refractivity contribution is 14.0. The molecule has 0 aromatic heterocycles. The van der Waals surface area contributed by atoms with Crippen molar-refractivity contribution in [1.29, 1.82) is 0 Å². The van der Waals surface area contributed by atoms with Gasteiger partial charge in [-0.25, -0.2) is 0 Å². The zero-order valence-electron chi connectivity index (χ0n) is 15.8. The first-order valence-electron chi connectivity index (χ1n) is 9.11. The second-order valence-electron chi connectivity index (χ2n) is 6.18. The van der Waals surface area contributed by atoms with E-state index in [1.54, 1.807) is 0 Å². The number of nitrogens with one attached hydrogen (secondary N) is 2. The minimum Gasteiger partial charge on any atom is -0.377 e. The molecule has 6 heteroatoms.